The number of aldehydes is 1. The second-order valence-electron chi connectivity index (χ2n) is 3.26. The Kier molecular flexibility index (Phi) is 2.71. The Bertz CT molecular complexity index is 566. The second-order valence-corrected chi connectivity index (χ2v) is 3.26. The number of aromatic nitrogens is 1. The van der Waals surface area contributed by atoms with Crippen molar-refractivity contribution in [2.24, 2.45) is 0 Å². The van der Waals surface area contributed by atoms with Gasteiger partial charge in [-0.05, 0) is 24.3 Å². The highest BCUT2D eigenvalue weighted by atomic mass is 19.4. The second kappa shape index (κ2) is 4.04. The van der Waals surface area contributed by atoms with E-state index in [1.807, 2.05) is 0 Å². The molecule has 88 valence electrons. The molecule has 17 heavy (non-hydrogen) atoms. The maximum atomic E-state index is 12.0. The standard InChI is InChI=1S/C11H6F3NO2/c12-11(13,14)17-9-3-4-10-7(5-9)1-2-8(6-16)15-10/h1-6H. The third-order valence-corrected chi connectivity index (χ3v) is 2.04. The largest absolute Gasteiger partial charge is 0.573 e. The highest BCUT2D eigenvalue weighted by Gasteiger charge is 2.31. The lowest BCUT2D eigenvalue weighted by Crippen LogP contribution is -2.17. The smallest absolute Gasteiger partial charge is 0.406 e. The van der Waals surface area contributed by atoms with Crippen LogP contribution in [0.5, 0.6) is 5.75 Å². The van der Waals surface area contributed by atoms with Crippen LogP contribution in [0.4, 0.5) is 13.2 Å². The number of nitrogens with zero attached hydrogens (tertiary/aromatic N) is 1. The van der Waals surface area contributed by atoms with Crippen molar-refractivity contribution in [2.75, 3.05) is 0 Å². The van der Waals surface area contributed by atoms with E-state index < -0.39 is 6.36 Å². The van der Waals surface area contributed by atoms with Crippen LogP contribution in [0.3, 0.4) is 0 Å². The van der Waals surface area contributed by atoms with E-state index in [0.717, 1.165) is 6.07 Å². The SMILES string of the molecule is O=Cc1ccc2cc(OC(F)(F)F)ccc2n1. The molecule has 2 aromatic rings. The van der Waals surface area contributed by atoms with Gasteiger partial charge in [0.15, 0.2) is 6.29 Å². The van der Waals surface area contributed by atoms with Gasteiger partial charge in [0.1, 0.15) is 11.4 Å². The first kappa shape index (κ1) is 11.4. The molecule has 6 heteroatoms. The molecule has 0 spiro atoms. The molecule has 2 rings (SSSR count). The summed E-state index contributed by atoms with van der Waals surface area (Å²) in [7, 11) is 0. The van der Waals surface area contributed by atoms with Gasteiger partial charge in [0.25, 0.3) is 0 Å². The zero-order valence-electron chi connectivity index (χ0n) is 8.36. The van der Waals surface area contributed by atoms with Gasteiger partial charge in [-0.1, -0.05) is 6.07 Å². The van der Waals surface area contributed by atoms with Gasteiger partial charge in [-0.25, -0.2) is 4.98 Å². The van der Waals surface area contributed by atoms with Crippen molar-refractivity contribution in [3.8, 4) is 5.75 Å². The number of pyridine rings is 1. The third kappa shape index (κ3) is 2.72. The molecule has 0 aliphatic rings. The van der Waals surface area contributed by atoms with E-state index in [1.54, 1.807) is 0 Å². The lowest BCUT2D eigenvalue weighted by atomic mass is 10.2. The van der Waals surface area contributed by atoms with Crippen molar-refractivity contribution in [3.63, 3.8) is 0 Å². The van der Waals surface area contributed by atoms with Gasteiger partial charge in [0.2, 0.25) is 0 Å². The molecule has 0 amide bonds. The van der Waals surface area contributed by atoms with E-state index in [4.69, 9.17) is 0 Å². The van der Waals surface area contributed by atoms with Crippen LogP contribution in [0.25, 0.3) is 10.9 Å². The van der Waals surface area contributed by atoms with E-state index >= 15 is 0 Å². The van der Waals surface area contributed by atoms with E-state index in [1.165, 1.54) is 24.3 Å². The Morgan fingerprint density at radius 2 is 1.94 bits per heavy atom. The average Bonchev–Trinajstić information content (AvgIpc) is 2.26. The molecule has 0 bridgehead atoms. The summed E-state index contributed by atoms with van der Waals surface area (Å²) in [4.78, 5) is 14.4. The predicted molar refractivity (Wildman–Crippen MR) is 53.8 cm³/mol. The molecule has 0 radical (unpaired) electrons. The summed E-state index contributed by atoms with van der Waals surface area (Å²) < 4.78 is 39.7. The molecule has 3 nitrogen and oxygen atoms in total. The van der Waals surface area contributed by atoms with E-state index in [0.29, 0.717) is 17.2 Å². The molecule has 0 saturated heterocycles. The number of carbonyl (C=O) groups is 1. The first-order valence-electron chi connectivity index (χ1n) is 4.60. The maximum absolute atomic E-state index is 12.0. The third-order valence-electron chi connectivity index (χ3n) is 2.04. The number of hydrogen-bond acceptors (Lipinski definition) is 3. The number of carbonyl (C=O) groups excluding carboxylic acids is 1. The minimum Gasteiger partial charge on any atom is -0.406 e. The summed E-state index contributed by atoms with van der Waals surface area (Å²) in [6, 6.07) is 6.66. The number of ether oxygens (including phenoxy) is 1. The van der Waals surface area contributed by atoms with Crippen molar-refractivity contribution < 1.29 is 22.7 Å². The van der Waals surface area contributed by atoms with Crippen molar-refractivity contribution in [3.05, 3.63) is 36.0 Å². The number of hydrogen-bond donors (Lipinski definition) is 0. The Labute approximate surface area is 93.8 Å². The molecule has 1 aromatic carbocycles. The van der Waals surface area contributed by atoms with Gasteiger partial charge in [-0.3, -0.25) is 4.79 Å². The molecule has 0 aliphatic heterocycles. The van der Waals surface area contributed by atoms with Gasteiger partial charge in [-0.15, -0.1) is 13.2 Å². The van der Waals surface area contributed by atoms with E-state index in [-0.39, 0.29) is 11.4 Å². The fraction of sp³-hybridized carbons (Fsp3) is 0.0909. The van der Waals surface area contributed by atoms with E-state index in [2.05, 4.69) is 9.72 Å². The summed E-state index contributed by atoms with van der Waals surface area (Å²) in [6.45, 7) is 0. The summed E-state index contributed by atoms with van der Waals surface area (Å²) >= 11 is 0. The van der Waals surface area contributed by atoms with E-state index in [9.17, 15) is 18.0 Å². The fourth-order valence-electron chi connectivity index (χ4n) is 1.38. The minimum atomic E-state index is -4.72. The van der Waals surface area contributed by atoms with Crippen molar-refractivity contribution >= 4 is 17.2 Å². The Morgan fingerprint density at radius 3 is 2.59 bits per heavy atom. The zero-order valence-corrected chi connectivity index (χ0v) is 8.36. The number of alkyl halides is 3. The summed E-state index contributed by atoms with van der Waals surface area (Å²) in [5.41, 5.74) is 0.658. The fourth-order valence-corrected chi connectivity index (χ4v) is 1.38. The monoisotopic (exact) mass is 241 g/mol. The van der Waals surface area contributed by atoms with Crippen LogP contribution >= 0.6 is 0 Å². The average molecular weight is 241 g/mol. The molecule has 0 atom stereocenters. The van der Waals surface area contributed by atoms with Crippen LogP contribution in [0.2, 0.25) is 0 Å². The first-order valence-corrected chi connectivity index (χ1v) is 4.60. The van der Waals surface area contributed by atoms with Crippen LogP contribution < -0.4 is 4.74 Å². The molecular formula is C11H6F3NO2. The predicted octanol–water partition coefficient (Wildman–Crippen LogP) is 2.95. The normalized spacial score (nSPS) is 11.5. The highest BCUT2D eigenvalue weighted by Crippen LogP contribution is 2.25. The quantitative estimate of drug-likeness (QED) is 0.759. The number of fused-ring (bicyclic) bond motifs is 1. The minimum absolute atomic E-state index is 0.224. The molecule has 0 aliphatic carbocycles. The van der Waals surface area contributed by atoms with Crippen LogP contribution in [-0.4, -0.2) is 17.6 Å². The van der Waals surface area contributed by atoms with Crippen molar-refractivity contribution in [1.29, 1.82) is 0 Å². The topological polar surface area (TPSA) is 39.2 Å². The summed E-state index contributed by atoms with van der Waals surface area (Å²) in [5.74, 6) is -0.314. The lowest BCUT2D eigenvalue weighted by Gasteiger charge is -2.09. The molecule has 0 saturated carbocycles. The van der Waals surface area contributed by atoms with Crippen molar-refractivity contribution in [1.82, 2.24) is 4.98 Å². The zero-order chi connectivity index (χ0) is 12.5. The Balaban J connectivity index is 2.41. The summed E-state index contributed by atoms with van der Waals surface area (Å²) in [5, 5.41) is 0.470. The van der Waals surface area contributed by atoms with Gasteiger partial charge in [0.05, 0.1) is 5.52 Å². The Morgan fingerprint density at radius 1 is 1.18 bits per heavy atom. The molecule has 1 heterocycles. The molecular weight excluding hydrogens is 235 g/mol. The molecule has 0 fully saturated rings. The summed E-state index contributed by atoms with van der Waals surface area (Å²) in [6.07, 6.45) is -4.15. The molecule has 1 aromatic heterocycles. The van der Waals surface area contributed by atoms with Crippen LogP contribution in [-0.2, 0) is 0 Å². The van der Waals surface area contributed by atoms with Gasteiger partial charge in [-0.2, -0.15) is 0 Å². The molecule has 0 unspecified atom stereocenters. The van der Waals surface area contributed by atoms with Crippen molar-refractivity contribution in [2.45, 2.75) is 6.36 Å². The number of benzene rings is 1. The lowest BCUT2D eigenvalue weighted by molar-refractivity contribution is -0.274. The van der Waals surface area contributed by atoms with Gasteiger partial charge in [0, 0.05) is 5.39 Å². The van der Waals surface area contributed by atoms with Gasteiger partial charge < -0.3 is 4.74 Å². The maximum Gasteiger partial charge on any atom is 0.573 e. The number of halogens is 3. The van der Waals surface area contributed by atoms with Crippen LogP contribution in [0.15, 0.2) is 30.3 Å². The first-order chi connectivity index (χ1) is 7.98. The molecule has 0 N–H and O–H groups in total. The highest BCUT2D eigenvalue weighted by molar-refractivity contribution is 5.84. The van der Waals surface area contributed by atoms with Crippen LogP contribution in [0, 0.1) is 0 Å². The van der Waals surface area contributed by atoms with Gasteiger partial charge >= 0.3 is 6.36 Å². The number of rotatable bonds is 2. The Hall–Kier alpha value is -2.11. The van der Waals surface area contributed by atoms with Crippen LogP contribution in [0.1, 0.15) is 10.5 Å².